The maximum absolute atomic E-state index is 11.8. The molecule has 0 bridgehead atoms. The van der Waals surface area contributed by atoms with Crippen LogP contribution in [0.15, 0.2) is 66.3 Å². The van der Waals surface area contributed by atoms with E-state index in [0.717, 1.165) is 11.3 Å². The Kier molecular flexibility index (Phi) is 8.29. The molecular weight excluding hydrogens is 348 g/mol. The van der Waals surface area contributed by atoms with Crippen molar-refractivity contribution in [3.05, 3.63) is 72.3 Å². The Labute approximate surface area is 158 Å². The molecule has 0 heterocycles. The van der Waals surface area contributed by atoms with Crippen molar-refractivity contribution in [2.75, 3.05) is 19.5 Å². The average molecular weight is 370 g/mol. The fourth-order valence-corrected chi connectivity index (χ4v) is 2.86. The molecule has 26 heavy (non-hydrogen) atoms. The molecule has 5 nitrogen and oxygen atoms in total. The number of amides is 1. The number of benzene rings is 2. The number of nitrogens with one attached hydrogen (secondary N) is 1. The molecule has 2 aromatic rings. The van der Waals surface area contributed by atoms with Crippen LogP contribution in [0.3, 0.4) is 0 Å². The molecule has 1 amide bonds. The van der Waals surface area contributed by atoms with E-state index >= 15 is 0 Å². The number of hydrogen-bond donors (Lipinski definition) is 1. The summed E-state index contributed by atoms with van der Waals surface area (Å²) in [7, 11) is 1.57. The molecule has 0 spiro atoms. The number of hydrogen-bond acceptors (Lipinski definition) is 5. The first-order valence-electron chi connectivity index (χ1n) is 8.08. The van der Waals surface area contributed by atoms with Crippen LogP contribution < -0.4 is 14.9 Å². The summed E-state index contributed by atoms with van der Waals surface area (Å²) in [5.74, 6) is 2.23. The Hall–Kier alpha value is -2.73. The number of ether oxygens (including phenoxy) is 2. The minimum atomic E-state index is -0.139. The van der Waals surface area contributed by atoms with Crippen molar-refractivity contribution in [3.63, 3.8) is 0 Å². The van der Waals surface area contributed by atoms with E-state index in [9.17, 15) is 4.79 Å². The van der Waals surface area contributed by atoms with Crippen LogP contribution in [0.1, 0.15) is 11.1 Å². The van der Waals surface area contributed by atoms with Crippen molar-refractivity contribution < 1.29 is 14.3 Å². The first-order chi connectivity index (χ1) is 12.7. The summed E-state index contributed by atoms with van der Waals surface area (Å²) < 4.78 is 10.8. The molecule has 0 saturated carbocycles. The van der Waals surface area contributed by atoms with Crippen LogP contribution in [0, 0.1) is 0 Å². The van der Waals surface area contributed by atoms with Gasteiger partial charge >= 0.3 is 0 Å². The van der Waals surface area contributed by atoms with E-state index in [0.29, 0.717) is 23.9 Å². The van der Waals surface area contributed by atoms with Crippen LogP contribution in [0.5, 0.6) is 11.5 Å². The number of hydrazone groups is 1. The Morgan fingerprint density at radius 1 is 1.23 bits per heavy atom. The van der Waals surface area contributed by atoms with Gasteiger partial charge in [-0.2, -0.15) is 5.10 Å². The highest BCUT2D eigenvalue weighted by Crippen LogP contribution is 2.27. The molecule has 136 valence electrons. The van der Waals surface area contributed by atoms with Gasteiger partial charge in [0.25, 0.3) is 0 Å². The van der Waals surface area contributed by atoms with Crippen molar-refractivity contribution in [1.82, 2.24) is 5.43 Å². The summed E-state index contributed by atoms with van der Waals surface area (Å²) in [6.07, 6.45) is 3.24. The molecule has 0 aliphatic heterocycles. The SMILES string of the molecule is C=CCOc1ccc(/C=N\NC(=O)CSCc2ccccc2)cc1OC. The summed E-state index contributed by atoms with van der Waals surface area (Å²) in [6, 6.07) is 15.4. The number of carbonyl (C=O) groups excluding carboxylic acids is 1. The van der Waals surface area contributed by atoms with Crippen LogP contribution in [0.4, 0.5) is 0 Å². The Bertz CT molecular complexity index is 748. The zero-order valence-corrected chi connectivity index (χ0v) is 15.5. The minimum absolute atomic E-state index is 0.139. The predicted octanol–water partition coefficient (Wildman–Crippen LogP) is 3.64. The maximum atomic E-state index is 11.8. The van der Waals surface area contributed by atoms with Crippen molar-refractivity contribution in [2.24, 2.45) is 5.10 Å². The molecular formula is C20H22N2O3S. The topological polar surface area (TPSA) is 59.9 Å². The number of carbonyl (C=O) groups is 1. The van der Waals surface area contributed by atoms with Crippen LogP contribution >= 0.6 is 11.8 Å². The molecule has 0 fully saturated rings. The largest absolute Gasteiger partial charge is 0.493 e. The standard InChI is InChI=1S/C20H22N2O3S/c1-3-11-25-18-10-9-17(12-19(18)24-2)13-21-22-20(23)15-26-14-16-7-5-4-6-8-16/h3-10,12-13H,1,11,14-15H2,2H3,(H,22,23)/b21-13-. The molecule has 2 aromatic carbocycles. The zero-order valence-electron chi connectivity index (χ0n) is 14.7. The third-order valence-corrected chi connectivity index (χ3v) is 4.30. The lowest BCUT2D eigenvalue weighted by molar-refractivity contribution is -0.118. The lowest BCUT2D eigenvalue weighted by Gasteiger charge is -2.09. The molecule has 0 radical (unpaired) electrons. The van der Waals surface area contributed by atoms with Crippen LogP contribution in [-0.4, -0.2) is 31.6 Å². The monoisotopic (exact) mass is 370 g/mol. The van der Waals surface area contributed by atoms with E-state index in [2.05, 4.69) is 17.1 Å². The summed E-state index contributed by atoms with van der Waals surface area (Å²) >= 11 is 1.55. The van der Waals surface area contributed by atoms with Gasteiger partial charge in [-0.3, -0.25) is 4.79 Å². The molecule has 6 heteroatoms. The van der Waals surface area contributed by atoms with Gasteiger partial charge in [0.05, 0.1) is 19.1 Å². The maximum Gasteiger partial charge on any atom is 0.250 e. The number of rotatable bonds is 10. The summed E-state index contributed by atoms with van der Waals surface area (Å²) in [5.41, 5.74) is 4.52. The molecule has 0 atom stereocenters. The van der Waals surface area contributed by atoms with E-state index < -0.39 is 0 Å². The lowest BCUT2D eigenvalue weighted by Crippen LogP contribution is -2.19. The summed E-state index contributed by atoms with van der Waals surface area (Å²) in [6.45, 7) is 4.02. The highest BCUT2D eigenvalue weighted by molar-refractivity contribution is 7.99. The Morgan fingerprint density at radius 2 is 2.04 bits per heavy atom. The van der Waals surface area contributed by atoms with Crippen LogP contribution in [0.2, 0.25) is 0 Å². The second-order valence-electron chi connectivity index (χ2n) is 5.28. The van der Waals surface area contributed by atoms with Crippen molar-refractivity contribution >= 4 is 23.9 Å². The van der Waals surface area contributed by atoms with Crippen molar-refractivity contribution in [3.8, 4) is 11.5 Å². The molecule has 0 unspecified atom stereocenters. The normalized spacial score (nSPS) is 10.5. The van der Waals surface area contributed by atoms with Gasteiger partial charge in [0.1, 0.15) is 6.61 Å². The zero-order chi connectivity index (χ0) is 18.6. The van der Waals surface area contributed by atoms with Gasteiger partial charge in [-0.25, -0.2) is 5.43 Å². The van der Waals surface area contributed by atoms with Crippen molar-refractivity contribution in [1.29, 1.82) is 0 Å². The van der Waals surface area contributed by atoms with Gasteiger partial charge in [-0.05, 0) is 29.3 Å². The van der Waals surface area contributed by atoms with E-state index in [4.69, 9.17) is 9.47 Å². The smallest absolute Gasteiger partial charge is 0.250 e. The number of methoxy groups -OCH3 is 1. The van der Waals surface area contributed by atoms with E-state index in [1.54, 1.807) is 43.3 Å². The second-order valence-corrected chi connectivity index (χ2v) is 6.27. The second kappa shape index (κ2) is 11.0. The van der Waals surface area contributed by atoms with Crippen LogP contribution in [0.25, 0.3) is 0 Å². The van der Waals surface area contributed by atoms with Gasteiger partial charge < -0.3 is 9.47 Å². The molecule has 0 saturated heterocycles. The molecule has 0 aliphatic rings. The highest BCUT2D eigenvalue weighted by Gasteiger charge is 2.05. The predicted molar refractivity (Wildman–Crippen MR) is 107 cm³/mol. The third kappa shape index (κ3) is 6.64. The molecule has 2 rings (SSSR count). The van der Waals surface area contributed by atoms with Gasteiger partial charge in [0, 0.05) is 5.75 Å². The summed E-state index contributed by atoms with van der Waals surface area (Å²) in [5, 5.41) is 3.98. The lowest BCUT2D eigenvalue weighted by atomic mass is 10.2. The number of thioether (sulfide) groups is 1. The minimum Gasteiger partial charge on any atom is -0.493 e. The van der Waals surface area contributed by atoms with E-state index in [1.165, 1.54) is 5.56 Å². The molecule has 0 aromatic heterocycles. The highest BCUT2D eigenvalue weighted by atomic mass is 32.2. The van der Waals surface area contributed by atoms with Crippen LogP contribution in [-0.2, 0) is 10.5 Å². The Balaban J connectivity index is 1.79. The van der Waals surface area contributed by atoms with E-state index in [-0.39, 0.29) is 5.91 Å². The van der Waals surface area contributed by atoms with Gasteiger partial charge in [0.2, 0.25) is 5.91 Å². The van der Waals surface area contributed by atoms with Crippen molar-refractivity contribution in [2.45, 2.75) is 5.75 Å². The van der Waals surface area contributed by atoms with Gasteiger partial charge in [-0.1, -0.05) is 43.0 Å². The first kappa shape index (κ1) is 19.6. The van der Waals surface area contributed by atoms with Gasteiger partial charge in [-0.15, -0.1) is 11.8 Å². The van der Waals surface area contributed by atoms with E-state index in [1.807, 2.05) is 36.4 Å². The third-order valence-electron chi connectivity index (χ3n) is 3.29. The van der Waals surface area contributed by atoms with Gasteiger partial charge in [0.15, 0.2) is 11.5 Å². The quantitative estimate of drug-likeness (QED) is 0.394. The Morgan fingerprint density at radius 3 is 2.77 bits per heavy atom. The summed E-state index contributed by atoms with van der Waals surface area (Å²) in [4.78, 5) is 11.8. The molecule has 0 aliphatic carbocycles. The fraction of sp³-hybridized carbons (Fsp3) is 0.200. The molecule has 1 N–H and O–H groups in total. The first-order valence-corrected chi connectivity index (χ1v) is 9.23. The fourth-order valence-electron chi connectivity index (χ4n) is 2.08. The number of nitrogens with zero attached hydrogens (tertiary/aromatic N) is 1. The average Bonchev–Trinajstić information content (AvgIpc) is 2.67.